The van der Waals surface area contributed by atoms with Gasteiger partial charge in [-0.25, -0.2) is 0 Å². The van der Waals surface area contributed by atoms with Crippen molar-refractivity contribution in [2.24, 2.45) is 0 Å². The molecule has 1 aliphatic rings. The van der Waals surface area contributed by atoms with Crippen LogP contribution in [0.15, 0.2) is 0 Å². The molecular weight excluding hydrogens is 166 g/mol. The van der Waals surface area contributed by atoms with Crippen LogP contribution in [0.4, 0.5) is 0 Å². The van der Waals surface area contributed by atoms with Crippen molar-refractivity contribution in [3.05, 3.63) is 0 Å². The molecule has 3 nitrogen and oxygen atoms in total. The van der Waals surface area contributed by atoms with Gasteiger partial charge in [0.15, 0.2) is 0 Å². The molecule has 3 heteroatoms. The Bertz CT molecular complexity index is 153. The van der Waals surface area contributed by atoms with Gasteiger partial charge in [0.25, 0.3) is 5.91 Å². The van der Waals surface area contributed by atoms with Crippen molar-refractivity contribution in [1.29, 1.82) is 0 Å². The molecule has 13 heavy (non-hydrogen) atoms. The third-order valence-corrected chi connectivity index (χ3v) is 2.04. The van der Waals surface area contributed by atoms with E-state index in [0.717, 1.165) is 25.8 Å². The Morgan fingerprint density at radius 3 is 2.31 bits per heavy atom. The largest absolute Gasteiger partial charge is 0.368 e. The van der Waals surface area contributed by atoms with Gasteiger partial charge in [-0.1, -0.05) is 20.8 Å². The number of rotatable bonds is 4. The molecule has 0 heterocycles. The summed E-state index contributed by atoms with van der Waals surface area (Å²) in [7, 11) is 1.60. The predicted molar refractivity (Wildman–Crippen MR) is 53.6 cm³/mol. The van der Waals surface area contributed by atoms with Gasteiger partial charge in [0.05, 0.1) is 0 Å². The number of hydrogen-bond donors (Lipinski definition) is 1. The lowest BCUT2D eigenvalue weighted by molar-refractivity contribution is -0.133. The summed E-state index contributed by atoms with van der Waals surface area (Å²) in [5.74, 6) is 0.0573. The lowest BCUT2D eigenvalue weighted by atomic mass is 10.3. The van der Waals surface area contributed by atoms with Gasteiger partial charge in [-0.2, -0.15) is 0 Å². The van der Waals surface area contributed by atoms with E-state index in [1.54, 1.807) is 7.11 Å². The first-order chi connectivity index (χ1) is 6.25. The Morgan fingerprint density at radius 1 is 1.46 bits per heavy atom. The molecule has 0 spiro atoms. The zero-order valence-electron chi connectivity index (χ0n) is 9.14. The van der Waals surface area contributed by atoms with E-state index in [0.29, 0.717) is 0 Å². The molecule has 1 saturated carbocycles. The van der Waals surface area contributed by atoms with E-state index in [9.17, 15) is 4.79 Å². The number of hydrogen-bond acceptors (Lipinski definition) is 2. The molecule has 1 amide bonds. The predicted octanol–water partition coefficient (Wildman–Crippen LogP) is 1.72. The number of carbonyl (C=O) groups is 1. The van der Waals surface area contributed by atoms with Crippen molar-refractivity contribution in [2.75, 3.05) is 13.7 Å². The Kier molecular flexibility index (Phi) is 5.71. The first-order valence-electron chi connectivity index (χ1n) is 5.08. The summed E-state index contributed by atoms with van der Waals surface area (Å²) in [6.45, 7) is 6.79. The number of methoxy groups -OCH3 is 1. The summed E-state index contributed by atoms with van der Waals surface area (Å²) in [6.07, 6.45) is 2.73. The highest BCUT2D eigenvalue weighted by molar-refractivity contribution is 5.88. The molecule has 0 aromatic heterocycles. The number of carbonyl (C=O) groups excluding carboxylic acids is 1. The minimum absolute atomic E-state index is 0.0573. The van der Waals surface area contributed by atoms with E-state index in [1.165, 1.54) is 0 Å². The zero-order chi connectivity index (χ0) is 10.3. The van der Waals surface area contributed by atoms with Crippen LogP contribution in [0, 0.1) is 0 Å². The molecule has 0 atom stereocenters. The first-order valence-corrected chi connectivity index (χ1v) is 5.08. The van der Waals surface area contributed by atoms with Crippen molar-refractivity contribution in [1.82, 2.24) is 5.32 Å². The number of ether oxygens (including phenoxy) is 1. The molecule has 1 N–H and O–H groups in total. The summed E-state index contributed by atoms with van der Waals surface area (Å²) in [6, 6.07) is 0. The minimum Gasteiger partial charge on any atom is -0.368 e. The smallest absolute Gasteiger partial charge is 0.252 e. The molecule has 0 radical (unpaired) electrons. The van der Waals surface area contributed by atoms with Crippen molar-refractivity contribution in [3.8, 4) is 0 Å². The van der Waals surface area contributed by atoms with E-state index in [2.05, 4.69) is 5.32 Å². The Labute approximate surface area is 80.8 Å². The highest BCUT2D eigenvalue weighted by Crippen LogP contribution is 2.38. The van der Waals surface area contributed by atoms with Crippen molar-refractivity contribution in [2.45, 2.75) is 45.6 Å². The summed E-state index contributed by atoms with van der Waals surface area (Å²) in [5, 5.41) is 2.82. The van der Waals surface area contributed by atoms with Gasteiger partial charge in [0.2, 0.25) is 0 Å². The van der Waals surface area contributed by atoms with Crippen LogP contribution in [0.1, 0.15) is 40.0 Å². The highest BCUT2D eigenvalue weighted by atomic mass is 16.5. The molecule has 0 saturated heterocycles. The summed E-state index contributed by atoms with van der Waals surface area (Å²) in [5.41, 5.74) is -0.449. The van der Waals surface area contributed by atoms with Crippen LogP contribution < -0.4 is 5.32 Å². The second-order valence-electron chi connectivity index (χ2n) is 2.95. The van der Waals surface area contributed by atoms with Crippen LogP contribution in [0.2, 0.25) is 0 Å². The summed E-state index contributed by atoms with van der Waals surface area (Å²) in [4.78, 5) is 11.3. The third kappa shape index (κ3) is 3.35. The topological polar surface area (TPSA) is 38.3 Å². The van der Waals surface area contributed by atoms with Gasteiger partial charge < -0.3 is 10.1 Å². The zero-order valence-corrected chi connectivity index (χ0v) is 9.14. The average Bonchev–Trinajstić information content (AvgIpc) is 2.98. The van der Waals surface area contributed by atoms with Crippen molar-refractivity contribution >= 4 is 5.91 Å². The maximum absolute atomic E-state index is 11.3. The second-order valence-corrected chi connectivity index (χ2v) is 2.95. The van der Waals surface area contributed by atoms with E-state index < -0.39 is 5.60 Å². The van der Waals surface area contributed by atoms with E-state index in [1.807, 2.05) is 20.8 Å². The molecule has 0 aliphatic heterocycles. The Hall–Kier alpha value is -0.570. The molecule has 0 aromatic carbocycles. The fraction of sp³-hybridized carbons (Fsp3) is 0.900. The maximum Gasteiger partial charge on any atom is 0.252 e. The van der Waals surface area contributed by atoms with Gasteiger partial charge in [0, 0.05) is 13.7 Å². The summed E-state index contributed by atoms with van der Waals surface area (Å²) >= 11 is 0. The molecule has 1 fully saturated rings. The maximum atomic E-state index is 11.3. The second kappa shape index (κ2) is 5.97. The third-order valence-electron chi connectivity index (χ3n) is 2.04. The van der Waals surface area contributed by atoms with Crippen molar-refractivity contribution in [3.63, 3.8) is 0 Å². The molecule has 0 aromatic rings. The molecule has 1 rings (SSSR count). The monoisotopic (exact) mass is 187 g/mol. The molecule has 78 valence electrons. The van der Waals surface area contributed by atoms with Gasteiger partial charge in [0.1, 0.15) is 5.60 Å². The van der Waals surface area contributed by atoms with Crippen LogP contribution in [-0.4, -0.2) is 25.2 Å². The fourth-order valence-corrected chi connectivity index (χ4v) is 1.04. The SMILES string of the molecule is CC.CCCNC(=O)C1(OC)CC1. The van der Waals surface area contributed by atoms with E-state index in [-0.39, 0.29) is 5.91 Å². The van der Waals surface area contributed by atoms with Crippen LogP contribution in [0.3, 0.4) is 0 Å². The standard InChI is InChI=1S/C8H15NO2.C2H6/c1-3-6-9-7(10)8(11-2)4-5-8;1-2/h3-6H2,1-2H3,(H,9,10);1-2H3. The van der Waals surface area contributed by atoms with Crippen LogP contribution in [0.5, 0.6) is 0 Å². The Balaban J connectivity index is 0.000000671. The van der Waals surface area contributed by atoms with Gasteiger partial charge >= 0.3 is 0 Å². The first kappa shape index (κ1) is 12.4. The van der Waals surface area contributed by atoms with E-state index in [4.69, 9.17) is 4.74 Å². The molecule has 0 bridgehead atoms. The summed E-state index contributed by atoms with van der Waals surface area (Å²) < 4.78 is 5.10. The van der Waals surface area contributed by atoms with Crippen LogP contribution >= 0.6 is 0 Å². The fourth-order valence-electron chi connectivity index (χ4n) is 1.04. The lowest BCUT2D eigenvalue weighted by Crippen LogP contribution is -2.37. The lowest BCUT2D eigenvalue weighted by Gasteiger charge is -2.12. The van der Waals surface area contributed by atoms with Crippen LogP contribution in [0.25, 0.3) is 0 Å². The minimum atomic E-state index is -0.449. The number of nitrogens with one attached hydrogen (secondary N) is 1. The Morgan fingerprint density at radius 2 is 2.00 bits per heavy atom. The van der Waals surface area contributed by atoms with Crippen molar-refractivity contribution < 1.29 is 9.53 Å². The van der Waals surface area contributed by atoms with Crippen LogP contribution in [-0.2, 0) is 9.53 Å². The highest BCUT2D eigenvalue weighted by Gasteiger charge is 2.50. The normalized spacial score (nSPS) is 16.9. The average molecular weight is 187 g/mol. The van der Waals surface area contributed by atoms with Gasteiger partial charge in [-0.05, 0) is 19.3 Å². The molecule has 1 aliphatic carbocycles. The number of amides is 1. The van der Waals surface area contributed by atoms with E-state index >= 15 is 0 Å². The molecule has 0 unspecified atom stereocenters. The quantitative estimate of drug-likeness (QED) is 0.727. The van der Waals surface area contributed by atoms with Gasteiger partial charge in [-0.15, -0.1) is 0 Å². The van der Waals surface area contributed by atoms with Gasteiger partial charge in [-0.3, -0.25) is 4.79 Å². The molecular formula is C10H21NO2.